The minimum absolute atomic E-state index is 0.0255. The molecule has 1 aromatic carbocycles. The summed E-state index contributed by atoms with van der Waals surface area (Å²) in [6, 6.07) is 6.12. The molecular weight excluding hydrogens is 399 g/mol. The van der Waals surface area contributed by atoms with Crippen molar-refractivity contribution in [2.24, 2.45) is 5.10 Å². The first-order valence-corrected chi connectivity index (χ1v) is 10.4. The SMILES string of the molecule is Cc1nn([C@@H]2CCS(=O)(=O)C2)c(Cl)c1/C=N\NC(=O)c1ccc(Cl)cc1. The molecule has 0 bridgehead atoms. The number of amides is 1. The van der Waals surface area contributed by atoms with Gasteiger partial charge < -0.3 is 0 Å². The molecule has 1 saturated heterocycles. The van der Waals surface area contributed by atoms with Crippen molar-refractivity contribution < 1.29 is 13.2 Å². The third kappa shape index (κ3) is 4.08. The maximum absolute atomic E-state index is 12.0. The molecule has 1 amide bonds. The topological polar surface area (TPSA) is 93.4 Å². The van der Waals surface area contributed by atoms with Crippen LogP contribution in [0.3, 0.4) is 0 Å². The largest absolute Gasteiger partial charge is 0.271 e. The zero-order valence-electron chi connectivity index (χ0n) is 13.8. The molecule has 0 spiro atoms. The van der Waals surface area contributed by atoms with E-state index in [1.807, 2.05) is 0 Å². The molecule has 3 rings (SSSR count). The Labute approximate surface area is 160 Å². The number of carbonyl (C=O) groups is 1. The molecular formula is C16H16Cl2N4O3S. The molecule has 10 heteroatoms. The molecule has 2 aromatic rings. The van der Waals surface area contributed by atoms with E-state index < -0.39 is 9.84 Å². The highest BCUT2D eigenvalue weighted by Crippen LogP contribution is 2.29. The Morgan fingerprint density at radius 2 is 2.04 bits per heavy atom. The second kappa shape index (κ2) is 7.38. The molecule has 0 unspecified atom stereocenters. The summed E-state index contributed by atoms with van der Waals surface area (Å²) in [6.07, 6.45) is 1.88. The number of aryl methyl sites for hydroxylation is 1. The van der Waals surface area contributed by atoms with Gasteiger partial charge in [0.15, 0.2) is 9.84 Å². The van der Waals surface area contributed by atoms with Crippen molar-refractivity contribution in [3.8, 4) is 0 Å². The second-order valence-electron chi connectivity index (χ2n) is 6.00. The standard InChI is InChI=1S/C16H16Cl2N4O3S/c1-10-14(8-19-20-16(23)11-2-4-12(17)5-3-11)15(18)22(21-10)13-6-7-26(24,25)9-13/h2-5,8,13H,6-7,9H2,1H3,(H,20,23)/b19-8-/t13-/m1/s1. The molecule has 1 aliphatic rings. The molecule has 7 nitrogen and oxygen atoms in total. The number of carbonyl (C=O) groups excluding carboxylic acids is 1. The molecule has 26 heavy (non-hydrogen) atoms. The average molecular weight is 415 g/mol. The van der Waals surface area contributed by atoms with E-state index in [2.05, 4.69) is 15.6 Å². The third-order valence-corrected chi connectivity index (χ3v) is 6.47. The first-order valence-electron chi connectivity index (χ1n) is 7.81. The molecule has 0 aliphatic carbocycles. The van der Waals surface area contributed by atoms with Crippen LogP contribution in [-0.4, -0.2) is 41.8 Å². The van der Waals surface area contributed by atoms with Crippen molar-refractivity contribution in [1.29, 1.82) is 0 Å². The number of rotatable bonds is 4. The zero-order valence-corrected chi connectivity index (χ0v) is 16.1. The van der Waals surface area contributed by atoms with Crippen LogP contribution < -0.4 is 5.43 Å². The Morgan fingerprint density at radius 3 is 2.65 bits per heavy atom. The van der Waals surface area contributed by atoms with Crippen LogP contribution in [0.1, 0.15) is 34.1 Å². The van der Waals surface area contributed by atoms with Crippen LogP contribution in [0.4, 0.5) is 0 Å². The van der Waals surface area contributed by atoms with Crippen LogP contribution in [0.25, 0.3) is 0 Å². The van der Waals surface area contributed by atoms with Gasteiger partial charge in [-0.3, -0.25) is 4.79 Å². The summed E-state index contributed by atoms with van der Waals surface area (Å²) in [7, 11) is -3.05. The monoisotopic (exact) mass is 414 g/mol. The van der Waals surface area contributed by atoms with Gasteiger partial charge in [-0.15, -0.1) is 0 Å². The molecule has 138 valence electrons. The maximum Gasteiger partial charge on any atom is 0.271 e. The van der Waals surface area contributed by atoms with E-state index in [9.17, 15) is 13.2 Å². The molecule has 1 fully saturated rings. The normalized spacial score (nSPS) is 19.1. The van der Waals surface area contributed by atoms with E-state index in [0.717, 1.165) is 0 Å². The number of hydrogen-bond acceptors (Lipinski definition) is 5. The number of aromatic nitrogens is 2. The summed E-state index contributed by atoms with van der Waals surface area (Å²) in [5, 5.41) is 9.08. The fourth-order valence-electron chi connectivity index (χ4n) is 2.71. The van der Waals surface area contributed by atoms with Gasteiger partial charge in [-0.1, -0.05) is 23.2 Å². The van der Waals surface area contributed by atoms with Gasteiger partial charge in [-0.05, 0) is 37.6 Å². The Kier molecular flexibility index (Phi) is 5.36. The van der Waals surface area contributed by atoms with Crippen LogP contribution in [-0.2, 0) is 9.84 Å². The fourth-order valence-corrected chi connectivity index (χ4v) is 4.89. The summed E-state index contributed by atoms with van der Waals surface area (Å²) < 4.78 is 24.8. The number of halogens is 2. The van der Waals surface area contributed by atoms with E-state index in [4.69, 9.17) is 23.2 Å². The number of sulfone groups is 1. The summed E-state index contributed by atoms with van der Waals surface area (Å²) in [4.78, 5) is 12.0. The van der Waals surface area contributed by atoms with E-state index in [-0.39, 0.29) is 23.5 Å². The molecule has 0 saturated carbocycles. The lowest BCUT2D eigenvalue weighted by Gasteiger charge is -2.09. The molecule has 1 aromatic heterocycles. The number of benzene rings is 1. The van der Waals surface area contributed by atoms with Crippen molar-refractivity contribution >= 4 is 45.2 Å². The summed E-state index contributed by atoms with van der Waals surface area (Å²) >= 11 is 12.1. The molecule has 1 atom stereocenters. The van der Waals surface area contributed by atoms with Gasteiger partial charge in [-0.2, -0.15) is 10.2 Å². The second-order valence-corrected chi connectivity index (χ2v) is 9.02. The van der Waals surface area contributed by atoms with Gasteiger partial charge >= 0.3 is 0 Å². The van der Waals surface area contributed by atoms with Gasteiger partial charge in [0, 0.05) is 10.6 Å². The first kappa shape index (κ1) is 18.9. The Balaban J connectivity index is 1.73. The number of nitrogens with one attached hydrogen (secondary N) is 1. The van der Waals surface area contributed by atoms with Crippen molar-refractivity contribution in [3.63, 3.8) is 0 Å². The highest BCUT2D eigenvalue weighted by atomic mass is 35.5. The molecule has 2 heterocycles. The van der Waals surface area contributed by atoms with Crippen LogP contribution in [0.2, 0.25) is 10.2 Å². The lowest BCUT2D eigenvalue weighted by molar-refractivity contribution is 0.0955. The number of nitrogens with zero attached hydrogens (tertiary/aromatic N) is 3. The Morgan fingerprint density at radius 1 is 1.35 bits per heavy atom. The minimum atomic E-state index is -3.05. The smallest absolute Gasteiger partial charge is 0.267 e. The Hall–Kier alpha value is -1.90. The van der Waals surface area contributed by atoms with Gasteiger partial charge in [0.25, 0.3) is 5.91 Å². The first-order chi connectivity index (χ1) is 12.3. The van der Waals surface area contributed by atoms with Crippen molar-refractivity contribution in [1.82, 2.24) is 15.2 Å². The van der Waals surface area contributed by atoms with Crippen LogP contribution in [0.15, 0.2) is 29.4 Å². The molecule has 0 radical (unpaired) electrons. The predicted molar refractivity (Wildman–Crippen MR) is 101 cm³/mol. The van der Waals surface area contributed by atoms with E-state index >= 15 is 0 Å². The number of hydrazone groups is 1. The predicted octanol–water partition coefficient (Wildman–Crippen LogP) is 2.62. The Bertz CT molecular complexity index is 968. The number of hydrogen-bond donors (Lipinski definition) is 1. The van der Waals surface area contributed by atoms with Gasteiger partial charge in [0.2, 0.25) is 0 Å². The average Bonchev–Trinajstić information content (AvgIpc) is 3.08. The van der Waals surface area contributed by atoms with E-state index in [0.29, 0.717) is 33.4 Å². The highest BCUT2D eigenvalue weighted by Gasteiger charge is 2.31. The van der Waals surface area contributed by atoms with Gasteiger partial charge in [0.1, 0.15) is 5.15 Å². The third-order valence-electron chi connectivity index (χ3n) is 4.09. The molecule has 1 N–H and O–H groups in total. The lowest BCUT2D eigenvalue weighted by atomic mass is 10.2. The van der Waals surface area contributed by atoms with Crippen molar-refractivity contribution in [2.45, 2.75) is 19.4 Å². The van der Waals surface area contributed by atoms with Crippen LogP contribution in [0.5, 0.6) is 0 Å². The van der Waals surface area contributed by atoms with Crippen molar-refractivity contribution in [3.05, 3.63) is 51.3 Å². The summed E-state index contributed by atoms with van der Waals surface area (Å²) in [5.41, 5.74) is 3.96. The molecule has 1 aliphatic heterocycles. The summed E-state index contributed by atoms with van der Waals surface area (Å²) in [6.45, 7) is 1.74. The quantitative estimate of drug-likeness (QED) is 0.614. The minimum Gasteiger partial charge on any atom is -0.267 e. The van der Waals surface area contributed by atoms with Crippen LogP contribution in [0, 0.1) is 6.92 Å². The van der Waals surface area contributed by atoms with Crippen LogP contribution >= 0.6 is 23.2 Å². The van der Waals surface area contributed by atoms with E-state index in [1.165, 1.54) is 10.9 Å². The van der Waals surface area contributed by atoms with Gasteiger partial charge in [-0.25, -0.2) is 18.5 Å². The van der Waals surface area contributed by atoms with Crippen molar-refractivity contribution in [2.75, 3.05) is 11.5 Å². The lowest BCUT2D eigenvalue weighted by Crippen LogP contribution is -2.17. The summed E-state index contributed by atoms with van der Waals surface area (Å²) in [5.74, 6) is -0.230. The highest BCUT2D eigenvalue weighted by molar-refractivity contribution is 7.91. The fraction of sp³-hybridized carbons (Fsp3) is 0.312. The van der Waals surface area contributed by atoms with E-state index in [1.54, 1.807) is 31.2 Å². The maximum atomic E-state index is 12.0. The van der Waals surface area contributed by atoms with Gasteiger partial charge in [0.05, 0.1) is 35.0 Å². The zero-order chi connectivity index (χ0) is 18.9.